The first-order valence-corrected chi connectivity index (χ1v) is 8.51. The summed E-state index contributed by atoms with van der Waals surface area (Å²) in [6.07, 6.45) is 0. The van der Waals surface area contributed by atoms with E-state index >= 15 is 0 Å². The van der Waals surface area contributed by atoms with Gasteiger partial charge in [0.2, 0.25) is 5.91 Å². The molecule has 1 aromatic rings. The van der Waals surface area contributed by atoms with Crippen molar-refractivity contribution in [3.63, 3.8) is 0 Å². The molecule has 0 unspecified atom stereocenters. The maximum Gasteiger partial charge on any atom is 0.230 e. The second kappa shape index (κ2) is 8.08. The van der Waals surface area contributed by atoms with Gasteiger partial charge in [0.15, 0.2) is 0 Å². The van der Waals surface area contributed by atoms with Crippen LogP contribution in [-0.2, 0) is 4.79 Å². The fraction of sp³-hybridized carbons (Fsp3) is 0.500. The fourth-order valence-corrected chi connectivity index (χ4v) is 2.78. The molecule has 0 bridgehead atoms. The molecule has 1 N–H and O–H groups in total. The van der Waals surface area contributed by atoms with Crippen LogP contribution in [0, 0.1) is 0 Å². The molecule has 1 aromatic carbocycles. The average Bonchev–Trinajstić information content (AvgIpc) is 2.33. The van der Waals surface area contributed by atoms with Gasteiger partial charge in [-0.05, 0) is 24.3 Å². The van der Waals surface area contributed by atoms with Gasteiger partial charge >= 0.3 is 0 Å². The van der Waals surface area contributed by atoms with Gasteiger partial charge in [-0.15, -0.1) is 23.5 Å². The van der Waals surface area contributed by atoms with E-state index < -0.39 is 0 Å². The van der Waals surface area contributed by atoms with Gasteiger partial charge in [-0.25, -0.2) is 0 Å². The summed E-state index contributed by atoms with van der Waals surface area (Å²) in [6.45, 7) is 7.03. The number of rotatable bonds is 6. The van der Waals surface area contributed by atoms with E-state index in [2.05, 4.69) is 26.1 Å². The highest BCUT2D eigenvalue weighted by Crippen LogP contribution is 2.22. The Labute approximate surface area is 129 Å². The molecule has 0 radical (unpaired) electrons. The Bertz CT molecular complexity index is 401. The van der Waals surface area contributed by atoms with Gasteiger partial charge in [0.25, 0.3) is 0 Å². The molecular weight excluding hydrogens is 298 g/mol. The van der Waals surface area contributed by atoms with E-state index in [1.807, 2.05) is 24.3 Å². The molecule has 0 saturated heterocycles. The van der Waals surface area contributed by atoms with Gasteiger partial charge in [0, 0.05) is 27.0 Å². The van der Waals surface area contributed by atoms with Crippen LogP contribution >= 0.6 is 35.1 Å². The summed E-state index contributed by atoms with van der Waals surface area (Å²) in [4.78, 5) is 12.8. The molecule has 2 nitrogen and oxygen atoms in total. The first-order chi connectivity index (χ1) is 8.87. The molecule has 1 rings (SSSR count). The van der Waals surface area contributed by atoms with Crippen molar-refractivity contribution >= 4 is 41.0 Å². The number of hydrogen-bond acceptors (Lipinski definition) is 3. The third-order valence-corrected chi connectivity index (χ3v) is 4.68. The van der Waals surface area contributed by atoms with Gasteiger partial charge in [-0.1, -0.05) is 32.4 Å². The number of carbonyl (C=O) groups excluding carboxylic acids is 1. The number of hydrogen-bond donors (Lipinski definition) is 1. The summed E-state index contributed by atoms with van der Waals surface area (Å²) < 4.78 is 0.134. The van der Waals surface area contributed by atoms with Crippen molar-refractivity contribution in [2.75, 3.05) is 18.1 Å². The molecule has 0 spiro atoms. The summed E-state index contributed by atoms with van der Waals surface area (Å²) >= 11 is 9.20. The minimum absolute atomic E-state index is 0.108. The second-order valence-electron chi connectivity index (χ2n) is 5.05. The molecule has 0 aliphatic rings. The lowest BCUT2D eigenvalue weighted by Gasteiger charge is -2.16. The lowest BCUT2D eigenvalue weighted by molar-refractivity contribution is -0.118. The Balaban J connectivity index is 2.13. The molecule has 106 valence electrons. The van der Waals surface area contributed by atoms with Gasteiger partial charge < -0.3 is 5.32 Å². The number of benzene rings is 1. The monoisotopic (exact) mass is 317 g/mol. The highest BCUT2D eigenvalue weighted by Gasteiger charge is 2.12. The van der Waals surface area contributed by atoms with Crippen molar-refractivity contribution in [3.8, 4) is 0 Å². The van der Waals surface area contributed by atoms with E-state index in [4.69, 9.17) is 11.6 Å². The Kier molecular flexibility index (Phi) is 7.11. The molecule has 0 heterocycles. The lowest BCUT2D eigenvalue weighted by atomic mass is 10.3. The molecule has 19 heavy (non-hydrogen) atoms. The zero-order chi connectivity index (χ0) is 14.3. The zero-order valence-corrected chi connectivity index (χ0v) is 13.9. The Morgan fingerprint density at radius 3 is 2.47 bits per heavy atom. The van der Waals surface area contributed by atoms with E-state index in [1.165, 1.54) is 4.90 Å². The lowest BCUT2D eigenvalue weighted by Crippen LogP contribution is -2.28. The van der Waals surface area contributed by atoms with Crippen molar-refractivity contribution in [2.45, 2.75) is 30.4 Å². The second-order valence-corrected chi connectivity index (χ2v) is 8.46. The van der Waals surface area contributed by atoms with Crippen LogP contribution in [0.15, 0.2) is 29.2 Å². The van der Waals surface area contributed by atoms with Gasteiger partial charge in [0.05, 0.1) is 5.75 Å². The van der Waals surface area contributed by atoms with Crippen LogP contribution < -0.4 is 5.32 Å². The van der Waals surface area contributed by atoms with Gasteiger partial charge in [-0.3, -0.25) is 4.79 Å². The first-order valence-electron chi connectivity index (χ1n) is 6.16. The third-order valence-electron chi connectivity index (χ3n) is 2.14. The summed E-state index contributed by atoms with van der Waals surface area (Å²) in [6, 6.07) is 7.74. The molecule has 0 aromatic heterocycles. The van der Waals surface area contributed by atoms with Crippen molar-refractivity contribution in [3.05, 3.63) is 29.3 Å². The molecule has 0 atom stereocenters. The molecule has 5 heteroatoms. The zero-order valence-electron chi connectivity index (χ0n) is 11.5. The van der Waals surface area contributed by atoms with E-state index in [-0.39, 0.29) is 10.7 Å². The summed E-state index contributed by atoms with van der Waals surface area (Å²) in [5.41, 5.74) is 0. The van der Waals surface area contributed by atoms with Crippen LogP contribution in [0.1, 0.15) is 20.8 Å². The van der Waals surface area contributed by atoms with Crippen molar-refractivity contribution in [1.29, 1.82) is 0 Å². The standard InChI is InChI=1S/C14H20ClNOS2/c1-14(2,3)19-10-13(17)16-8-9-18-12-6-4-11(15)5-7-12/h4-7H,8-10H2,1-3H3,(H,16,17). The van der Waals surface area contributed by atoms with Gasteiger partial charge in [-0.2, -0.15) is 0 Å². The van der Waals surface area contributed by atoms with Crippen LogP contribution in [-0.4, -0.2) is 28.7 Å². The van der Waals surface area contributed by atoms with E-state index in [0.29, 0.717) is 12.3 Å². The largest absolute Gasteiger partial charge is 0.355 e. The highest BCUT2D eigenvalue weighted by molar-refractivity contribution is 8.01. The van der Waals surface area contributed by atoms with Crippen LogP contribution in [0.3, 0.4) is 0 Å². The maximum absolute atomic E-state index is 11.6. The Hall–Kier alpha value is -0.320. The van der Waals surface area contributed by atoms with E-state index in [9.17, 15) is 4.79 Å². The topological polar surface area (TPSA) is 29.1 Å². The quantitative estimate of drug-likeness (QED) is 0.633. The van der Waals surface area contributed by atoms with Crippen molar-refractivity contribution < 1.29 is 4.79 Å². The minimum atomic E-state index is 0.108. The smallest absolute Gasteiger partial charge is 0.230 e. The van der Waals surface area contributed by atoms with Crippen LogP contribution in [0.5, 0.6) is 0 Å². The third kappa shape index (κ3) is 8.45. The number of thioether (sulfide) groups is 2. The van der Waals surface area contributed by atoms with Crippen LogP contribution in [0.25, 0.3) is 0 Å². The summed E-state index contributed by atoms with van der Waals surface area (Å²) in [5.74, 6) is 1.50. The molecular formula is C14H20ClNOS2. The summed E-state index contributed by atoms with van der Waals surface area (Å²) in [5, 5.41) is 3.68. The van der Waals surface area contributed by atoms with Gasteiger partial charge in [0.1, 0.15) is 0 Å². The number of halogens is 1. The Morgan fingerprint density at radius 2 is 1.89 bits per heavy atom. The first kappa shape index (κ1) is 16.7. The van der Waals surface area contributed by atoms with Crippen LogP contribution in [0.4, 0.5) is 0 Å². The predicted octanol–water partition coefficient (Wildman–Crippen LogP) is 4.08. The molecule has 1 amide bonds. The molecule has 0 fully saturated rings. The molecule has 0 aliphatic carbocycles. The number of nitrogens with one attached hydrogen (secondary N) is 1. The van der Waals surface area contributed by atoms with Crippen molar-refractivity contribution in [1.82, 2.24) is 5.32 Å². The molecule has 0 saturated carbocycles. The number of amides is 1. The predicted molar refractivity (Wildman–Crippen MR) is 87.4 cm³/mol. The van der Waals surface area contributed by atoms with E-state index in [0.717, 1.165) is 10.8 Å². The highest BCUT2D eigenvalue weighted by atomic mass is 35.5. The fourth-order valence-electron chi connectivity index (χ4n) is 1.22. The van der Waals surface area contributed by atoms with Crippen LogP contribution in [0.2, 0.25) is 5.02 Å². The van der Waals surface area contributed by atoms with E-state index in [1.54, 1.807) is 23.5 Å². The Morgan fingerprint density at radius 1 is 1.26 bits per heavy atom. The average molecular weight is 318 g/mol. The maximum atomic E-state index is 11.6. The summed E-state index contributed by atoms with van der Waals surface area (Å²) in [7, 11) is 0. The van der Waals surface area contributed by atoms with Crippen molar-refractivity contribution in [2.24, 2.45) is 0 Å². The number of carbonyl (C=O) groups is 1. The normalized spacial score (nSPS) is 11.4. The molecule has 0 aliphatic heterocycles. The SMILES string of the molecule is CC(C)(C)SCC(=O)NCCSc1ccc(Cl)cc1. The minimum Gasteiger partial charge on any atom is -0.355 e.